The molecule has 2 aromatic carbocycles. The minimum Gasteiger partial charge on any atom is -0.508 e. The fourth-order valence-electron chi connectivity index (χ4n) is 2.42. The average Bonchev–Trinajstić information content (AvgIpc) is 3.36. The normalized spacial score (nSPS) is 11.7. The van der Waals surface area contributed by atoms with Gasteiger partial charge in [0.15, 0.2) is 0 Å². The number of hydrogen-bond acceptors (Lipinski definition) is 8. The van der Waals surface area contributed by atoms with Crippen LogP contribution in [0, 0.1) is 0 Å². The smallest absolute Gasteiger partial charge is 0.416 e. The predicted octanol–water partition coefficient (Wildman–Crippen LogP) is 3.73. The van der Waals surface area contributed by atoms with Crippen LogP contribution in [0.15, 0.2) is 58.2 Å². The Morgan fingerprint density at radius 3 is 2.66 bits per heavy atom. The SMILES string of the molecule is Oc1ccc(-n2nnnc2SCc2nc(-c3cccc(C(F)(F)F)c3)no2)cc1. The molecular formula is C17H11F3N6O2S. The van der Waals surface area contributed by atoms with Gasteiger partial charge in [0, 0.05) is 5.56 Å². The quantitative estimate of drug-likeness (QED) is 0.487. The molecule has 0 radical (unpaired) electrons. The number of alkyl halides is 3. The van der Waals surface area contributed by atoms with Gasteiger partial charge < -0.3 is 9.63 Å². The molecule has 2 heterocycles. The number of tetrazole rings is 1. The van der Waals surface area contributed by atoms with E-state index in [0.29, 0.717) is 10.8 Å². The predicted molar refractivity (Wildman–Crippen MR) is 95.1 cm³/mol. The summed E-state index contributed by atoms with van der Waals surface area (Å²) in [5, 5.41) is 25.0. The number of aromatic hydroxyl groups is 1. The zero-order valence-electron chi connectivity index (χ0n) is 14.4. The van der Waals surface area contributed by atoms with Crippen LogP contribution in [0.3, 0.4) is 0 Å². The summed E-state index contributed by atoms with van der Waals surface area (Å²) in [6.07, 6.45) is -4.45. The van der Waals surface area contributed by atoms with Crippen LogP contribution in [0.25, 0.3) is 17.1 Å². The molecule has 0 aliphatic heterocycles. The third-order valence-electron chi connectivity index (χ3n) is 3.78. The van der Waals surface area contributed by atoms with Crippen LogP contribution in [-0.4, -0.2) is 35.5 Å². The van der Waals surface area contributed by atoms with Crippen molar-refractivity contribution in [3.8, 4) is 22.8 Å². The van der Waals surface area contributed by atoms with E-state index in [9.17, 15) is 18.3 Å². The second-order valence-corrected chi connectivity index (χ2v) is 6.71. The Hall–Kier alpha value is -3.41. The minimum atomic E-state index is -4.45. The number of phenolic OH excluding ortho intramolecular Hbond substituents is 1. The highest BCUT2D eigenvalue weighted by atomic mass is 32.2. The second-order valence-electron chi connectivity index (χ2n) is 5.77. The van der Waals surface area contributed by atoms with Crippen molar-refractivity contribution >= 4 is 11.8 Å². The summed E-state index contributed by atoms with van der Waals surface area (Å²) in [7, 11) is 0. The molecule has 0 saturated carbocycles. The molecule has 1 N–H and O–H groups in total. The molecule has 0 fully saturated rings. The van der Waals surface area contributed by atoms with Crippen LogP contribution in [0.2, 0.25) is 0 Å². The third kappa shape index (κ3) is 4.21. The average molecular weight is 420 g/mol. The fraction of sp³-hybridized carbons (Fsp3) is 0.118. The molecule has 2 aromatic heterocycles. The maximum absolute atomic E-state index is 12.9. The van der Waals surface area contributed by atoms with Gasteiger partial charge in [-0.2, -0.15) is 22.8 Å². The Labute approximate surface area is 165 Å². The van der Waals surface area contributed by atoms with Crippen molar-refractivity contribution in [2.45, 2.75) is 17.1 Å². The molecule has 0 aliphatic rings. The Bertz CT molecular complexity index is 1130. The highest BCUT2D eigenvalue weighted by Gasteiger charge is 2.30. The van der Waals surface area contributed by atoms with Gasteiger partial charge in [0.2, 0.25) is 16.9 Å². The van der Waals surface area contributed by atoms with E-state index < -0.39 is 11.7 Å². The number of phenols is 1. The molecule has 148 valence electrons. The molecule has 0 bridgehead atoms. The molecule has 0 spiro atoms. The Kier molecular flexibility index (Phi) is 4.92. The zero-order valence-corrected chi connectivity index (χ0v) is 15.2. The first-order valence-corrected chi connectivity index (χ1v) is 9.09. The van der Waals surface area contributed by atoms with Gasteiger partial charge in [-0.1, -0.05) is 29.1 Å². The van der Waals surface area contributed by atoms with E-state index in [0.717, 1.165) is 12.1 Å². The van der Waals surface area contributed by atoms with Crippen molar-refractivity contribution in [2.24, 2.45) is 0 Å². The molecule has 29 heavy (non-hydrogen) atoms. The monoisotopic (exact) mass is 420 g/mol. The van der Waals surface area contributed by atoms with Gasteiger partial charge in [0.1, 0.15) is 5.75 Å². The van der Waals surface area contributed by atoms with Crippen LogP contribution in [-0.2, 0) is 11.9 Å². The molecule has 0 atom stereocenters. The van der Waals surface area contributed by atoms with Crippen LogP contribution in [0.5, 0.6) is 5.75 Å². The summed E-state index contributed by atoms with van der Waals surface area (Å²) in [6.45, 7) is 0. The second kappa shape index (κ2) is 7.54. The van der Waals surface area contributed by atoms with Crippen LogP contribution in [0.1, 0.15) is 11.5 Å². The zero-order chi connectivity index (χ0) is 20.4. The standard InChI is InChI=1S/C17H11F3N6O2S/c18-17(19,20)11-3-1-2-10(8-11)15-21-14(28-23-15)9-29-16-22-24-25-26(16)12-4-6-13(27)7-5-12/h1-8,27H,9H2. The van der Waals surface area contributed by atoms with Gasteiger partial charge in [0.25, 0.3) is 0 Å². The van der Waals surface area contributed by atoms with Crippen molar-refractivity contribution in [2.75, 3.05) is 0 Å². The molecular weight excluding hydrogens is 409 g/mol. The van der Waals surface area contributed by atoms with Crippen molar-refractivity contribution in [3.05, 3.63) is 60.0 Å². The first-order chi connectivity index (χ1) is 13.9. The summed E-state index contributed by atoms with van der Waals surface area (Å²) in [5.41, 5.74) is 0.0584. The summed E-state index contributed by atoms with van der Waals surface area (Å²) < 4.78 is 45.2. The molecule has 12 heteroatoms. The lowest BCUT2D eigenvalue weighted by Crippen LogP contribution is -2.04. The van der Waals surface area contributed by atoms with Crippen LogP contribution in [0.4, 0.5) is 13.2 Å². The van der Waals surface area contributed by atoms with Gasteiger partial charge in [-0.15, -0.1) is 5.10 Å². The third-order valence-corrected chi connectivity index (χ3v) is 4.68. The lowest BCUT2D eigenvalue weighted by molar-refractivity contribution is -0.137. The van der Waals surface area contributed by atoms with E-state index in [1.807, 2.05) is 0 Å². The maximum Gasteiger partial charge on any atom is 0.416 e. The highest BCUT2D eigenvalue weighted by Crippen LogP contribution is 2.31. The van der Waals surface area contributed by atoms with E-state index in [-0.39, 0.29) is 28.8 Å². The number of halogens is 3. The lowest BCUT2D eigenvalue weighted by Gasteiger charge is -2.06. The Balaban J connectivity index is 1.49. The number of benzene rings is 2. The molecule has 0 saturated heterocycles. The Morgan fingerprint density at radius 1 is 1.10 bits per heavy atom. The van der Waals surface area contributed by atoms with Crippen LogP contribution < -0.4 is 0 Å². The molecule has 0 amide bonds. The summed E-state index contributed by atoms with van der Waals surface area (Å²) in [4.78, 5) is 4.14. The number of aromatic nitrogens is 6. The topological polar surface area (TPSA) is 103 Å². The van der Waals surface area contributed by atoms with Crippen molar-refractivity contribution < 1.29 is 22.8 Å². The fourth-order valence-corrected chi connectivity index (χ4v) is 3.14. The first-order valence-electron chi connectivity index (χ1n) is 8.11. The van der Waals surface area contributed by atoms with Crippen molar-refractivity contribution in [1.82, 2.24) is 30.3 Å². The molecule has 0 unspecified atom stereocenters. The molecule has 4 rings (SSSR count). The number of thioether (sulfide) groups is 1. The van der Waals surface area contributed by atoms with E-state index in [2.05, 4.69) is 25.7 Å². The van der Waals surface area contributed by atoms with E-state index >= 15 is 0 Å². The van der Waals surface area contributed by atoms with E-state index in [1.165, 1.54) is 40.7 Å². The van der Waals surface area contributed by atoms with Crippen molar-refractivity contribution in [1.29, 1.82) is 0 Å². The number of nitrogens with zero attached hydrogens (tertiary/aromatic N) is 6. The first kappa shape index (κ1) is 18.9. The minimum absolute atomic E-state index is 0.0600. The number of rotatable bonds is 5. The van der Waals surface area contributed by atoms with Crippen LogP contribution >= 0.6 is 11.8 Å². The van der Waals surface area contributed by atoms with Gasteiger partial charge in [-0.25, -0.2) is 0 Å². The molecule has 4 aromatic rings. The number of hydrogen-bond donors (Lipinski definition) is 1. The van der Waals surface area contributed by atoms with Crippen molar-refractivity contribution in [3.63, 3.8) is 0 Å². The van der Waals surface area contributed by atoms with Gasteiger partial charge in [-0.05, 0) is 46.8 Å². The molecule has 0 aliphatic carbocycles. The Morgan fingerprint density at radius 2 is 1.90 bits per heavy atom. The molecule has 8 nitrogen and oxygen atoms in total. The maximum atomic E-state index is 12.9. The van der Waals surface area contributed by atoms with Gasteiger partial charge >= 0.3 is 6.18 Å². The summed E-state index contributed by atoms with van der Waals surface area (Å²) in [6, 6.07) is 11.0. The van der Waals surface area contributed by atoms with Gasteiger partial charge in [-0.3, -0.25) is 0 Å². The largest absolute Gasteiger partial charge is 0.508 e. The highest BCUT2D eigenvalue weighted by molar-refractivity contribution is 7.98. The lowest BCUT2D eigenvalue weighted by atomic mass is 10.1. The summed E-state index contributed by atoms with van der Waals surface area (Å²) >= 11 is 1.21. The van der Waals surface area contributed by atoms with Gasteiger partial charge in [0.05, 0.1) is 17.0 Å². The van der Waals surface area contributed by atoms with E-state index in [1.54, 1.807) is 12.1 Å². The summed E-state index contributed by atoms with van der Waals surface area (Å²) in [5.74, 6) is 0.598. The van der Waals surface area contributed by atoms with E-state index in [4.69, 9.17) is 4.52 Å².